The van der Waals surface area contributed by atoms with Crippen LogP contribution < -0.4 is 0 Å². The lowest BCUT2D eigenvalue weighted by Gasteiger charge is -2.06. The fraction of sp³-hybridized carbons (Fsp3) is 0.500. The molecular formula is C12H13N3. The largest absolute Gasteiger partial charge is 0.340 e. The third kappa shape index (κ3) is 1.12. The molecule has 2 atom stereocenters. The third-order valence-electron chi connectivity index (χ3n) is 3.91. The Morgan fingerprint density at radius 2 is 2.07 bits per heavy atom. The van der Waals surface area contributed by atoms with E-state index in [0.717, 1.165) is 28.8 Å². The first kappa shape index (κ1) is 7.85. The van der Waals surface area contributed by atoms with E-state index in [1.807, 2.05) is 6.07 Å². The van der Waals surface area contributed by atoms with Crippen molar-refractivity contribution < 1.29 is 0 Å². The molecule has 0 radical (unpaired) electrons. The molecule has 2 aliphatic carbocycles. The Kier molecular flexibility index (Phi) is 1.36. The van der Waals surface area contributed by atoms with Crippen molar-refractivity contribution in [2.24, 2.45) is 11.8 Å². The highest BCUT2D eigenvalue weighted by Crippen LogP contribution is 2.57. The minimum atomic E-state index is 0.669. The standard InChI is InChI=1S/C12H13N3/c1-2-10-12(13-3-1)15-11(14-10)9-5-7-4-8(7)6-9/h1-3,7-9H,4-6H2,(H,13,14,15). The molecule has 2 aromatic rings. The molecule has 76 valence electrons. The van der Waals surface area contributed by atoms with Gasteiger partial charge in [0.2, 0.25) is 0 Å². The number of aromatic nitrogens is 3. The van der Waals surface area contributed by atoms with Crippen LogP contribution in [0.1, 0.15) is 31.0 Å². The highest BCUT2D eigenvalue weighted by molar-refractivity contribution is 5.70. The number of fused-ring (bicyclic) bond motifs is 2. The Balaban J connectivity index is 1.75. The van der Waals surface area contributed by atoms with Gasteiger partial charge in [0.25, 0.3) is 0 Å². The Hall–Kier alpha value is -1.38. The summed E-state index contributed by atoms with van der Waals surface area (Å²) in [6.45, 7) is 0. The summed E-state index contributed by atoms with van der Waals surface area (Å²) in [6.07, 6.45) is 5.95. The van der Waals surface area contributed by atoms with Crippen molar-refractivity contribution in [1.29, 1.82) is 0 Å². The second-order valence-electron chi connectivity index (χ2n) is 4.92. The maximum atomic E-state index is 4.58. The summed E-state index contributed by atoms with van der Waals surface area (Å²) in [5, 5.41) is 0. The lowest BCUT2D eigenvalue weighted by molar-refractivity contribution is 0.597. The molecule has 2 aliphatic rings. The number of aromatic amines is 1. The molecule has 2 saturated carbocycles. The van der Waals surface area contributed by atoms with Crippen LogP contribution >= 0.6 is 0 Å². The Bertz CT molecular complexity index is 473. The van der Waals surface area contributed by atoms with E-state index in [4.69, 9.17) is 0 Å². The second-order valence-corrected chi connectivity index (χ2v) is 4.92. The fourth-order valence-corrected chi connectivity index (χ4v) is 3.00. The van der Waals surface area contributed by atoms with Crippen molar-refractivity contribution in [3.63, 3.8) is 0 Å². The normalized spacial score (nSPS) is 33.2. The minimum Gasteiger partial charge on any atom is -0.340 e. The summed E-state index contributed by atoms with van der Waals surface area (Å²) < 4.78 is 0. The summed E-state index contributed by atoms with van der Waals surface area (Å²) >= 11 is 0. The van der Waals surface area contributed by atoms with E-state index in [0.29, 0.717) is 5.92 Å². The summed E-state index contributed by atoms with van der Waals surface area (Å²) in [6, 6.07) is 4.00. The highest BCUT2D eigenvalue weighted by Gasteiger charge is 2.46. The molecule has 1 N–H and O–H groups in total. The number of imidazole rings is 1. The Morgan fingerprint density at radius 1 is 1.20 bits per heavy atom. The van der Waals surface area contributed by atoms with Crippen LogP contribution in [0.15, 0.2) is 18.3 Å². The van der Waals surface area contributed by atoms with Crippen LogP contribution in [0.2, 0.25) is 0 Å². The number of nitrogens with zero attached hydrogens (tertiary/aromatic N) is 2. The first-order chi connectivity index (χ1) is 7.40. The van der Waals surface area contributed by atoms with Crippen LogP contribution in [-0.4, -0.2) is 15.0 Å². The molecule has 3 nitrogen and oxygen atoms in total. The first-order valence-electron chi connectivity index (χ1n) is 5.71. The molecule has 0 amide bonds. The maximum Gasteiger partial charge on any atom is 0.177 e. The molecule has 0 saturated heterocycles. The molecule has 15 heavy (non-hydrogen) atoms. The molecule has 4 rings (SSSR count). The van der Waals surface area contributed by atoms with Crippen molar-refractivity contribution in [2.45, 2.75) is 25.2 Å². The van der Waals surface area contributed by atoms with Crippen LogP contribution in [0.3, 0.4) is 0 Å². The molecule has 2 heterocycles. The predicted molar refractivity (Wildman–Crippen MR) is 57.5 cm³/mol. The Labute approximate surface area is 87.9 Å². The number of hydrogen-bond donors (Lipinski definition) is 1. The van der Waals surface area contributed by atoms with Gasteiger partial charge < -0.3 is 4.98 Å². The molecule has 2 aromatic heterocycles. The summed E-state index contributed by atoms with van der Waals surface area (Å²) in [5.74, 6) is 3.85. The van der Waals surface area contributed by atoms with Crippen molar-refractivity contribution in [3.05, 3.63) is 24.2 Å². The van der Waals surface area contributed by atoms with E-state index in [1.54, 1.807) is 6.20 Å². The predicted octanol–water partition coefficient (Wildman–Crippen LogP) is 2.47. The van der Waals surface area contributed by atoms with Crippen LogP contribution in [0, 0.1) is 11.8 Å². The van der Waals surface area contributed by atoms with Crippen molar-refractivity contribution in [1.82, 2.24) is 15.0 Å². The summed E-state index contributed by atoms with van der Waals surface area (Å²) in [5.41, 5.74) is 1.95. The van der Waals surface area contributed by atoms with Gasteiger partial charge in [0.05, 0.1) is 5.52 Å². The van der Waals surface area contributed by atoms with Gasteiger partial charge in [0.15, 0.2) is 5.65 Å². The molecule has 2 fully saturated rings. The monoisotopic (exact) mass is 199 g/mol. The molecule has 0 aliphatic heterocycles. The fourth-order valence-electron chi connectivity index (χ4n) is 3.00. The van der Waals surface area contributed by atoms with Crippen LogP contribution in [-0.2, 0) is 0 Å². The van der Waals surface area contributed by atoms with Gasteiger partial charge in [-0.1, -0.05) is 0 Å². The topological polar surface area (TPSA) is 41.6 Å². The average molecular weight is 199 g/mol. The summed E-state index contributed by atoms with van der Waals surface area (Å²) in [7, 11) is 0. The number of pyridine rings is 1. The smallest absolute Gasteiger partial charge is 0.177 e. The Morgan fingerprint density at radius 3 is 2.87 bits per heavy atom. The molecule has 0 aromatic carbocycles. The molecular weight excluding hydrogens is 186 g/mol. The maximum absolute atomic E-state index is 4.58. The van der Waals surface area contributed by atoms with E-state index in [9.17, 15) is 0 Å². The minimum absolute atomic E-state index is 0.669. The van der Waals surface area contributed by atoms with E-state index in [2.05, 4.69) is 21.0 Å². The molecule has 0 bridgehead atoms. The van der Waals surface area contributed by atoms with Crippen molar-refractivity contribution >= 4 is 11.2 Å². The van der Waals surface area contributed by atoms with Gasteiger partial charge in [-0.15, -0.1) is 0 Å². The van der Waals surface area contributed by atoms with E-state index in [1.165, 1.54) is 19.3 Å². The zero-order valence-electron chi connectivity index (χ0n) is 8.48. The number of nitrogens with one attached hydrogen (secondary N) is 1. The molecule has 0 spiro atoms. The van der Waals surface area contributed by atoms with Gasteiger partial charge in [-0.25, -0.2) is 9.97 Å². The second kappa shape index (κ2) is 2.60. The van der Waals surface area contributed by atoms with Crippen LogP contribution in [0.25, 0.3) is 11.2 Å². The lowest BCUT2D eigenvalue weighted by Crippen LogP contribution is -1.97. The number of H-pyrrole nitrogens is 1. The van der Waals surface area contributed by atoms with Crippen LogP contribution in [0.4, 0.5) is 0 Å². The quantitative estimate of drug-likeness (QED) is 0.766. The van der Waals surface area contributed by atoms with E-state index < -0.39 is 0 Å². The number of hydrogen-bond acceptors (Lipinski definition) is 2. The molecule has 2 unspecified atom stereocenters. The van der Waals surface area contributed by atoms with E-state index in [-0.39, 0.29) is 0 Å². The first-order valence-corrected chi connectivity index (χ1v) is 5.71. The van der Waals surface area contributed by atoms with Crippen molar-refractivity contribution in [2.75, 3.05) is 0 Å². The SMILES string of the molecule is c1cnc2nc(C3CC4CC4C3)[nH]c2c1. The zero-order chi connectivity index (χ0) is 9.83. The lowest BCUT2D eigenvalue weighted by atomic mass is 10.0. The van der Waals surface area contributed by atoms with Gasteiger partial charge in [-0.3, -0.25) is 0 Å². The van der Waals surface area contributed by atoms with Crippen LogP contribution in [0.5, 0.6) is 0 Å². The molecule has 3 heteroatoms. The highest BCUT2D eigenvalue weighted by atomic mass is 15.0. The van der Waals surface area contributed by atoms with Gasteiger partial charge in [0, 0.05) is 12.1 Å². The van der Waals surface area contributed by atoms with Gasteiger partial charge in [0.1, 0.15) is 5.82 Å². The zero-order valence-corrected chi connectivity index (χ0v) is 8.48. The third-order valence-corrected chi connectivity index (χ3v) is 3.91. The van der Waals surface area contributed by atoms with Crippen molar-refractivity contribution in [3.8, 4) is 0 Å². The average Bonchev–Trinajstić information content (AvgIpc) is 2.76. The van der Waals surface area contributed by atoms with Gasteiger partial charge >= 0.3 is 0 Å². The number of rotatable bonds is 1. The van der Waals surface area contributed by atoms with Gasteiger partial charge in [-0.2, -0.15) is 0 Å². The van der Waals surface area contributed by atoms with E-state index >= 15 is 0 Å². The summed E-state index contributed by atoms with van der Waals surface area (Å²) in [4.78, 5) is 12.2. The van der Waals surface area contributed by atoms with Gasteiger partial charge in [-0.05, 0) is 43.2 Å².